The van der Waals surface area contributed by atoms with E-state index in [4.69, 9.17) is 14.7 Å². The molecule has 2 aromatic heterocycles. The molecule has 0 radical (unpaired) electrons. The minimum absolute atomic E-state index is 0.0104. The van der Waals surface area contributed by atoms with Gasteiger partial charge >= 0.3 is 0 Å². The van der Waals surface area contributed by atoms with Gasteiger partial charge in [0.15, 0.2) is 0 Å². The van der Waals surface area contributed by atoms with E-state index in [1.54, 1.807) is 0 Å². The molecular formula is C39H27N3O. The average Bonchev–Trinajstić information content (AvgIpc) is 3.41. The lowest BCUT2D eigenvalue weighted by atomic mass is 9.77. The molecule has 7 aromatic rings. The molecule has 0 amide bonds. The summed E-state index contributed by atoms with van der Waals surface area (Å²) in [4.78, 5) is 10.5. The molecule has 1 aliphatic carbocycles. The Morgan fingerprint density at radius 3 is 2.37 bits per heavy atom. The van der Waals surface area contributed by atoms with Crippen molar-refractivity contribution >= 4 is 38.3 Å². The first-order chi connectivity index (χ1) is 21.3. The molecule has 0 N–H and O–H groups in total. The Kier molecular flexibility index (Phi) is 5.35. The Labute approximate surface area is 249 Å². The third-order valence-corrected chi connectivity index (χ3v) is 8.92. The number of hydrogen-bond donors (Lipinski definition) is 0. The van der Waals surface area contributed by atoms with Crippen LogP contribution in [0.3, 0.4) is 0 Å². The third-order valence-electron chi connectivity index (χ3n) is 8.92. The molecule has 204 valence electrons. The molecule has 0 saturated heterocycles. The predicted octanol–water partition coefficient (Wildman–Crippen LogP) is 9.14. The van der Waals surface area contributed by atoms with Gasteiger partial charge in [0.1, 0.15) is 11.6 Å². The summed E-state index contributed by atoms with van der Waals surface area (Å²) in [7, 11) is 0. The summed E-state index contributed by atoms with van der Waals surface area (Å²) < 4.78 is 8.60. The lowest BCUT2D eigenvalue weighted by Gasteiger charge is -2.34. The van der Waals surface area contributed by atoms with Crippen molar-refractivity contribution in [1.82, 2.24) is 14.5 Å². The molecule has 0 fully saturated rings. The summed E-state index contributed by atoms with van der Waals surface area (Å²) >= 11 is 0. The van der Waals surface area contributed by atoms with Crippen LogP contribution in [0.5, 0.6) is 5.75 Å². The molecular weight excluding hydrogens is 526 g/mol. The van der Waals surface area contributed by atoms with E-state index >= 15 is 0 Å². The molecule has 1 aliphatic heterocycles. The summed E-state index contributed by atoms with van der Waals surface area (Å²) in [6.45, 7) is 0.604. The van der Waals surface area contributed by atoms with Gasteiger partial charge in [0.05, 0.1) is 28.9 Å². The number of aromatic nitrogens is 3. The van der Waals surface area contributed by atoms with E-state index in [1.807, 2.05) is 6.07 Å². The van der Waals surface area contributed by atoms with Crippen LogP contribution in [0.2, 0.25) is 0 Å². The van der Waals surface area contributed by atoms with Gasteiger partial charge in [0.2, 0.25) is 0 Å². The first kappa shape index (κ1) is 24.2. The van der Waals surface area contributed by atoms with E-state index in [0.29, 0.717) is 6.61 Å². The van der Waals surface area contributed by atoms with Crippen molar-refractivity contribution in [3.05, 3.63) is 151 Å². The maximum atomic E-state index is 6.25. The van der Waals surface area contributed by atoms with Gasteiger partial charge < -0.3 is 9.30 Å². The van der Waals surface area contributed by atoms with Crippen molar-refractivity contribution < 1.29 is 4.74 Å². The van der Waals surface area contributed by atoms with Crippen LogP contribution in [-0.4, -0.2) is 21.1 Å². The minimum atomic E-state index is 0.0104. The second-order valence-corrected chi connectivity index (χ2v) is 11.3. The van der Waals surface area contributed by atoms with E-state index < -0.39 is 0 Å². The summed E-state index contributed by atoms with van der Waals surface area (Å²) in [5, 5.41) is 3.52. The van der Waals surface area contributed by atoms with Gasteiger partial charge in [0, 0.05) is 44.8 Å². The van der Waals surface area contributed by atoms with E-state index in [1.165, 1.54) is 21.9 Å². The lowest BCUT2D eigenvalue weighted by Crippen LogP contribution is -2.27. The van der Waals surface area contributed by atoms with Gasteiger partial charge in [-0.15, -0.1) is 0 Å². The van der Waals surface area contributed by atoms with E-state index in [0.717, 1.165) is 50.5 Å². The smallest absolute Gasteiger partial charge is 0.137 e. The molecule has 9 rings (SSSR count). The average molecular weight is 554 g/mol. The van der Waals surface area contributed by atoms with E-state index in [2.05, 4.69) is 138 Å². The molecule has 2 aliphatic rings. The Morgan fingerprint density at radius 1 is 0.674 bits per heavy atom. The van der Waals surface area contributed by atoms with Crippen LogP contribution in [0, 0.1) is 5.92 Å². The van der Waals surface area contributed by atoms with Crippen molar-refractivity contribution in [3.63, 3.8) is 0 Å². The Hall–Kier alpha value is -5.48. The highest BCUT2D eigenvalue weighted by Crippen LogP contribution is 2.45. The monoisotopic (exact) mass is 553 g/mol. The zero-order valence-electron chi connectivity index (χ0n) is 23.4. The number of benzene rings is 5. The highest BCUT2D eigenvalue weighted by atomic mass is 16.5. The van der Waals surface area contributed by atoms with Crippen LogP contribution < -0.4 is 4.74 Å². The van der Waals surface area contributed by atoms with Gasteiger partial charge in [-0.2, -0.15) is 0 Å². The first-order valence-corrected chi connectivity index (χ1v) is 14.8. The number of fused-ring (bicyclic) bond motifs is 7. The van der Waals surface area contributed by atoms with Gasteiger partial charge in [-0.1, -0.05) is 103 Å². The molecule has 5 aromatic carbocycles. The predicted molar refractivity (Wildman–Crippen MR) is 175 cm³/mol. The van der Waals surface area contributed by atoms with Crippen LogP contribution >= 0.6 is 0 Å². The van der Waals surface area contributed by atoms with Crippen molar-refractivity contribution in [2.45, 2.75) is 5.92 Å². The van der Waals surface area contributed by atoms with Crippen LogP contribution in [0.15, 0.2) is 140 Å². The fourth-order valence-electron chi connectivity index (χ4n) is 6.93. The van der Waals surface area contributed by atoms with Crippen LogP contribution in [0.25, 0.3) is 55.2 Å². The van der Waals surface area contributed by atoms with Crippen LogP contribution in [0.4, 0.5) is 0 Å². The fourth-order valence-corrected chi connectivity index (χ4v) is 6.93. The molecule has 4 heteroatoms. The first-order valence-electron chi connectivity index (χ1n) is 14.8. The zero-order valence-corrected chi connectivity index (χ0v) is 23.4. The zero-order chi connectivity index (χ0) is 28.3. The second-order valence-electron chi connectivity index (χ2n) is 11.3. The maximum Gasteiger partial charge on any atom is 0.137 e. The molecule has 0 spiro atoms. The normalized spacial score (nSPS) is 17.4. The summed E-state index contributed by atoms with van der Waals surface area (Å²) in [6.07, 6.45) is 6.61. The van der Waals surface area contributed by atoms with E-state index in [9.17, 15) is 0 Å². The standard InChI is InChI=1S/C39H27N3O/c1-2-11-26(12-3-1)42-35-19-8-5-13-28(35)29-22-21-25(23-36(29)42)38-32-15-4-7-18-34(32)40-39(41-38)31-17-10-16-27-30-14-6-9-20-37(30)43-24-33(27)31/h1-23,31,33H,24H2. The van der Waals surface area contributed by atoms with Gasteiger partial charge in [-0.25, -0.2) is 9.97 Å². The summed E-state index contributed by atoms with van der Waals surface area (Å²) in [5.41, 5.74) is 8.93. The minimum Gasteiger partial charge on any atom is -0.492 e. The molecule has 0 bridgehead atoms. The molecule has 2 unspecified atom stereocenters. The summed E-state index contributed by atoms with van der Waals surface area (Å²) in [5.74, 6) is 1.93. The molecule has 3 heterocycles. The quantitative estimate of drug-likeness (QED) is 0.219. The molecule has 2 atom stereocenters. The Morgan fingerprint density at radius 2 is 1.44 bits per heavy atom. The highest BCUT2D eigenvalue weighted by molar-refractivity contribution is 6.10. The van der Waals surface area contributed by atoms with Crippen molar-refractivity contribution in [3.8, 4) is 22.7 Å². The van der Waals surface area contributed by atoms with Crippen molar-refractivity contribution in [2.24, 2.45) is 5.92 Å². The van der Waals surface area contributed by atoms with Crippen molar-refractivity contribution in [1.29, 1.82) is 0 Å². The van der Waals surface area contributed by atoms with Crippen LogP contribution in [0.1, 0.15) is 17.3 Å². The third kappa shape index (κ3) is 3.76. The SMILES string of the molecule is C1=CC(c2nc(-c3ccc4c5ccccc5n(-c5ccccc5)c4c3)c3ccccc3n2)C2COc3ccccc3C2=C1. The number of ether oxygens (including phenoxy) is 1. The molecule has 0 saturated carbocycles. The second kappa shape index (κ2) is 9.53. The van der Waals surface area contributed by atoms with Gasteiger partial charge in [-0.3, -0.25) is 0 Å². The number of hydrogen-bond acceptors (Lipinski definition) is 3. The fraction of sp³-hybridized carbons (Fsp3) is 0.0769. The van der Waals surface area contributed by atoms with Gasteiger partial charge in [0.25, 0.3) is 0 Å². The topological polar surface area (TPSA) is 39.9 Å². The number of allylic oxidation sites excluding steroid dienone is 3. The number of rotatable bonds is 3. The summed E-state index contributed by atoms with van der Waals surface area (Å²) in [6, 6.07) is 42.6. The highest BCUT2D eigenvalue weighted by Gasteiger charge is 2.34. The lowest BCUT2D eigenvalue weighted by molar-refractivity contribution is 0.254. The van der Waals surface area contributed by atoms with E-state index in [-0.39, 0.29) is 11.8 Å². The largest absolute Gasteiger partial charge is 0.492 e. The Bertz CT molecular complexity index is 2260. The van der Waals surface area contributed by atoms with Gasteiger partial charge in [-0.05, 0) is 42.0 Å². The van der Waals surface area contributed by atoms with Crippen molar-refractivity contribution in [2.75, 3.05) is 6.61 Å². The molecule has 43 heavy (non-hydrogen) atoms. The van der Waals surface area contributed by atoms with Crippen LogP contribution in [-0.2, 0) is 0 Å². The Balaban J connectivity index is 1.24. The number of para-hydroxylation sites is 4. The molecule has 4 nitrogen and oxygen atoms in total. The maximum absolute atomic E-state index is 6.25. The number of nitrogens with zero attached hydrogens (tertiary/aromatic N) is 3.